The van der Waals surface area contributed by atoms with Crippen molar-refractivity contribution in [3.8, 4) is 22.5 Å². The van der Waals surface area contributed by atoms with Gasteiger partial charge >= 0.3 is 5.97 Å². The molecule has 0 fully saturated rings. The Hall–Kier alpha value is -3.47. The van der Waals surface area contributed by atoms with Crippen LogP contribution >= 0.6 is 34.7 Å². The molecule has 0 radical (unpaired) electrons. The van der Waals surface area contributed by atoms with Crippen molar-refractivity contribution in [2.45, 2.75) is 11.7 Å². The molecule has 0 saturated heterocycles. The van der Waals surface area contributed by atoms with Crippen LogP contribution in [0.15, 0.2) is 72.0 Å². The SMILES string of the molecule is C=CCn1c(SCC(=O)Nc2scc(-c3ccc(Cl)cc3)c2C(=O)OC)nnc1-c1ccncc1. The zero-order valence-corrected chi connectivity index (χ0v) is 21.0. The Morgan fingerprint density at radius 1 is 1.17 bits per heavy atom. The van der Waals surface area contributed by atoms with Crippen LogP contribution in [0.25, 0.3) is 22.5 Å². The minimum atomic E-state index is -0.535. The number of benzene rings is 1. The molecule has 11 heteroatoms. The molecule has 4 aromatic rings. The number of carbonyl (C=O) groups is 2. The number of rotatable bonds is 9. The van der Waals surface area contributed by atoms with Crippen LogP contribution in [-0.4, -0.2) is 44.5 Å². The number of pyridine rings is 1. The van der Waals surface area contributed by atoms with E-state index in [1.807, 2.05) is 28.8 Å². The molecule has 3 heterocycles. The third-order valence-corrected chi connectivity index (χ3v) is 7.00. The zero-order valence-electron chi connectivity index (χ0n) is 18.6. The van der Waals surface area contributed by atoms with E-state index in [9.17, 15) is 9.59 Å². The predicted octanol–water partition coefficient (Wildman–Crippen LogP) is 5.43. The number of thioether (sulfide) groups is 1. The molecule has 1 amide bonds. The molecule has 4 rings (SSSR count). The Bertz CT molecular complexity index is 1350. The number of anilines is 1. The van der Waals surface area contributed by atoms with E-state index in [-0.39, 0.29) is 11.7 Å². The van der Waals surface area contributed by atoms with Gasteiger partial charge in [0.25, 0.3) is 0 Å². The van der Waals surface area contributed by atoms with Crippen LogP contribution in [0.4, 0.5) is 5.00 Å². The fraction of sp³-hybridized carbons (Fsp3) is 0.125. The topological polar surface area (TPSA) is 99.0 Å². The minimum Gasteiger partial charge on any atom is -0.465 e. The molecule has 0 aliphatic heterocycles. The molecule has 8 nitrogen and oxygen atoms in total. The van der Waals surface area contributed by atoms with Gasteiger partial charge in [-0.2, -0.15) is 0 Å². The Kier molecular flexibility index (Phi) is 7.96. The van der Waals surface area contributed by atoms with Gasteiger partial charge in [0.2, 0.25) is 5.91 Å². The number of ether oxygens (including phenoxy) is 1. The van der Waals surface area contributed by atoms with Crippen molar-refractivity contribution in [3.05, 3.63) is 77.4 Å². The molecule has 0 atom stereocenters. The quantitative estimate of drug-likeness (QED) is 0.177. The first kappa shape index (κ1) is 24.6. The Morgan fingerprint density at radius 3 is 2.60 bits per heavy atom. The maximum Gasteiger partial charge on any atom is 0.341 e. The monoisotopic (exact) mass is 525 g/mol. The van der Waals surface area contributed by atoms with Crippen LogP contribution in [0.3, 0.4) is 0 Å². The number of aromatic nitrogens is 4. The van der Waals surface area contributed by atoms with Crippen LogP contribution in [0.5, 0.6) is 0 Å². The molecule has 1 N–H and O–H groups in total. The average Bonchev–Trinajstić information content (AvgIpc) is 3.47. The van der Waals surface area contributed by atoms with Crippen molar-refractivity contribution in [2.75, 3.05) is 18.2 Å². The molecule has 1 aromatic carbocycles. The van der Waals surface area contributed by atoms with Crippen molar-refractivity contribution in [1.29, 1.82) is 0 Å². The van der Waals surface area contributed by atoms with Gasteiger partial charge in [-0.1, -0.05) is 41.6 Å². The second-order valence-electron chi connectivity index (χ2n) is 7.13. The second kappa shape index (κ2) is 11.3. The molecule has 178 valence electrons. The van der Waals surface area contributed by atoms with Crippen molar-refractivity contribution in [3.63, 3.8) is 0 Å². The molecule has 35 heavy (non-hydrogen) atoms. The molecule has 0 bridgehead atoms. The number of amides is 1. The largest absolute Gasteiger partial charge is 0.465 e. The number of nitrogens with zero attached hydrogens (tertiary/aromatic N) is 4. The van der Waals surface area contributed by atoms with Gasteiger partial charge in [0, 0.05) is 40.5 Å². The lowest BCUT2D eigenvalue weighted by Crippen LogP contribution is -2.16. The maximum absolute atomic E-state index is 12.8. The van der Waals surface area contributed by atoms with Gasteiger partial charge in [0.1, 0.15) is 10.6 Å². The van der Waals surface area contributed by atoms with Crippen LogP contribution in [0, 0.1) is 0 Å². The number of allylic oxidation sites excluding steroid dienone is 1. The smallest absolute Gasteiger partial charge is 0.341 e. The zero-order chi connectivity index (χ0) is 24.8. The first-order valence-corrected chi connectivity index (χ1v) is 12.6. The molecule has 0 saturated carbocycles. The lowest BCUT2D eigenvalue weighted by atomic mass is 10.0. The van der Waals surface area contributed by atoms with Crippen LogP contribution < -0.4 is 5.32 Å². The molecule has 0 spiro atoms. The highest BCUT2D eigenvalue weighted by Gasteiger charge is 2.23. The predicted molar refractivity (Wildman–Crippen MR) is 139 cm³/mol. The number of nitrogens with one attached hydrogen (secondary N) is 1. The summed E-state index contributed by atoms with van der Waals surface area (Å²) in [5, 5.41) is 14.7. The number of hydrogen-bond acceptors (Lipinski definition) is 8. The van der Waals surface area contributed by atoms with Crippen LogP contribution in [0.2, 0.25) is 5.02 Å². The Labute approximate surface area is 215 Å². The van der Waals surface area contributed by atoms with Crippen molar-refractivity contribution in [1.82, 2.24) is 19.7 Å². The summed E-state index contributed by atoms with van der Waals surface area (Å²) in [6.07, 6.45) is 5.10. The second-order valence-corrected chi connectivity index (χ2v) is 9.39. The van der Waals surface area contributed by atoms with E-state index in [1.54, 1.807) is 36.0 Å². The number of halogens is 1. The average molecular weight is 526 g/mol. The molecule has 0 unspecified atom stereocenters. The number of hydrogen-bond donors (Lipinski definition) is 1. The summed E-state index contributed by atoms with van der Waals surface area (Å²) in [4.78, 5) is 29.4. The summed E-state index contributed by atoms with van der Waals surface area (Å²) < 4.78 is 6.85. The van der Waals surface area contributed by atoms with Crippen molar-refractivity contribution in [2.24, 2.45) is 0 Å². The van der Waals surface area contributed by atoms with Crippen molar-refractivity contribution < 1.29 is 14.3 Å². The number of thiophene rings is 1. The third-order valence-electron chi connectivity index (χ3n) is 4.89. The number of esters is 1. The molecule has 3 aromatic heterocycles. The van der Waals surface area contributed by atoms with E-state index in [2.05, 4.69) is 27.1 Å². The molecule has 0 aliphatic rings. The highest BCUT2D eigenvalue weighted by atomic mass is 35.5. The standard InChI is InChI=1S/C24H20ClN5O3S2/c1-3-12-30-21(16-8-10-26-11-9-16)28-29-24(30)35-14-19(31)27-22-20(23(32)33-2)18(13-34-22)15-4-6-17(25)7-5-15/h3-11,13H,1,12,14H2,2H3,(H,27,31). The van der Waals surface area contributed by atoms with Gasteiger partial charge in [0.15, 0.2) is 11.0 Å². The Balaban J connectivity index is 1.52. The fourth-order valence-electron chi connectivity index (χ4n) is 3.29. The van der Waals surface area contributed by atoms with E-state index in [1.165, 1.54) is 30.2 Å². The molecular formula is C24H20ClN5O3S2. The van der Waals surface area contributed by atoms with Gasteiger partial charge in [-0.3, -0.25) is 14.3 Å². The van der Waals surface area contributed by atoms with Gasteiger partial charge in [0.05, 0.1) is 12.9 Å². The summed E-state index contributed by atoms with van der Waals surface area (Å²) in [5.74, 6) is -0.0929. The number of carbonyl (C=O) groups excluding carboxylic acids is 2. The normalized spacial score (nSPS) is 10.7. The van der Waals surface area contributed by atoms with Gasteiger partial charge in [-0.25, -0.2) is 4.79 Å². The fourth-order valence-corrected chi connectivity index (χ4v) is 5.14. The summed E-state index contributed by atoms with van der Waals surface area (Å²) in [7, 11) is 1.31. The van der Waals surface area contributed by atoms with Crippen LogP contribution in [-0.2, 0) is 16.1 Å². The molecular weight excluding hydrogens is 506 g/mol. The van der Waals surface area contributed by atoms with Crippen LogP contribution in [0.1, 0.15) is 10.4 Å². The number of methoxy groups -OCH3 is 1. The van der Waals surface area contributed by atoms with Crippen molar-refractivity contribution >= 4 is 51.6 Å². The summed E-state index contributed by atoms with van der Waals surface area (Å²) in [6.45, 7) is 4.28. The lowest BCUT2D eigenvalue weighted by molar-refractivity contribution is -0.113. The summed E-state index contributed by atoms with van der Waals surface area (Å²) in [6, 6.07) is 10.8. The van der Waals surface area contributed by atoms with E-state index in [0.29, 0.717) is 38.7 Å². The van der Waals surface area contributed by atoms with Gasteiger partial charge < -0.3 is 10.1 Å². The first-order chi connectivity index (χ1) is 17.0. The van der Waals surface area contributed by atoms with E-state index in [0.717, 1.165) is 11.1 Å². The van der Waals surface area contributed by atoms with E-state index >= 15 is 0 Å². The maximum atomic E-state index is 12.8. The minimum absolute atomic E-state index is 0.0699. The summed E-state index contributed by atoms with van der Waals surface area (Å²) >= 11 is 8.48. The lowest BCUT2D eigenvalue weighted by Gasteiger charge is -2.09. The molecule has 0 aliphatic carbocycles. The first-order valence-electron chi connectivity index (χ1n) is 10.3. The summed E-state index contributed by atoms with van der Waals surface area (Å²) in [5.41, 5.74) is 2.62. The van der Waals surface area contributed by atoms with E-state index < -0.39 is 5.97 Å². The van der Waals surface area contributed by atoms with E-state index in [4.69, 9.17) is 16.3 Å². The highest BCUT2D eigenvalue weighted by molar-refractivity contribution is 7.99. The highest BCUT2D eigenvalue weighted by Crippen LogP contribution is 2.37. The van der Waals surface area contributed by atoms with Gasteiger partial charge in [-0.05, 0) is 29.8 Å². The van der Waals surface area contributed by atoms with Gasteiger partial charge in [-0.15, -0.1) is 28.1 Å². The third kappa shape index (κ3) is 5.61. The Morgan fingerprint density at radius 2 is 1.91 bits per heavy atom.